The number of nitrogens with zero attached hydrogens (tertiary/aromatic N) is 3. The fourth-order valence-corrected chi connectivity index (χ4v) is 3.37. The number of aryl methyl sites for hydroxylation is 1. The second kappa shape index (κ2) is 6.75. The number of piperazine rings is 1. The Labute approximate surface area is 130 Å². The van der Waals surface area contributed by atoms with Gasteiger partial charge in [0.2, 0.25) is 0 Å². The minimum atomic E-state index is -0.177. The Morgan fingerprint density at radius 2 is 2.00 bits per heavy atom. The molecular formula is C15H25N3O2S. The summed E-state index contributed by atoms with van der Waals surface area (Å²) < 4.78 is 4.66. The van der Waals surface area contributed by atoms with E-state index in [0.717, 1.165) is 37.0 Å². The van der Waals surface area contributed by atoms with Crippen LogP contribution in [-0.4, -0.2) is 54.7 Å². The maximum atomic E-state index is 11.2. The summed E-state index contributed by atoms with van der Waals surface area (Å²) in [7, 11) is 1.42. The average Bonchev–Trinajstić information content (AvgIpc) is 2.93. The molecule has 0 saturated carbocycles. The molecular weight excluding hydrogens is 286 g/mol. The average molecular weight is 311 g/mol. The lowest BCUT2D eigenvalue weighted by Gasteiger charge is -2.42. The third kappa shape index (κ3) is 4.41. The minimum absolute atomic E-state index is 0.177. The normalized spacial score (nSPS) is 17.0. The van der Waals surface area contributed by atoms with Crippen LogP contribution in [-0.2, 0) is 16.0 Å². The second-order valence-corrected chi connectivity index (χ2v) is 7.18. The van der Waals surface area contributed by atoms with Crippen LogP contribution in [0.1, 0.15) is 32.9 Å². The van der Waals surface area contributed by atoms with Crippen LogP contribution in [0.15, 0.2) is 5.38 Å². The highest BCUT2D eigenvalue weighted by molar-refractivity contribution is 7.13. The predicted octanol–water partition coefficient (Wildman–Crippen LogP) is 2.17. The first kappa shape index (κ1) is 16.2. The second-order valence-electron chi connectivity index (χ2n) is 6.34. The van der Waals surface area contributed by atoms with Gasteiger partial charge in [0.1, 0.15) is 0 Å². The van der Waals surface area contributed by atoms with Crippen molar-refractivity contribution >= 4 is 22.4 Å². The molecule has 0 aliphatic carbocycles. The van der Waals surface area contributed by atoms with Gasteiger partial charge in [-0.05, 0) is 20.8 Å². The van der Waals surface area contributed by atoms with E-state index in [1.807, 2.05) is 0 Å². The van der Waals surface area contributed by atoms with E-state index in [1.54, 1.807) is 11.3 Å². The number of ether oxygens (including phenoxy) is 1. The zero-order valence-electron chi connectivity index (χ0n) is 13.4. The lowest BCUT2D eigenvalue weighted by Crippen LogP contribution is -2.53. The fourth-order valence-electron chi connectivity index (χ4n) is 2.46. The topological polar surface area (TPSA) is 45.7 Å². The van der Waals surface area contributed by atoms with Gasteiger partial charge in [0, 0.05) is 43.5 Å². The van der Waals surface area contributed by atoms with Crippen molar-refractivity contribution in [3.8, 4) is 0 Å². The Kier molecular flexibility index (Phi) is 5.22. The number of methoxy groups -OCH3 is 1. The predicted molar refractivity (Wildman–Crippen MR) is 86.0 cm³/mol. The molecule has 2 rings (SSSR count). The Balaban J connectivity index is 1.87. The molecule has 0 radical (unpaired) electrons. The highest BCUT2D eigenvalue weighted by atomic mass is 32.1. The third-order valence-electron chi connectivity index (χ3n) is 3.85. The fraction of sp³-hybridized carbons (Fsp3) is 0.733. The summed E-state index contributed by atoms with van der Waals surface area (Å²) in [4.78, 5) is 20.7. The number of carbonyl (C=O) groups excluding carboxylic acids is 1. The number of hydrogen-bond donors (Lipinski definition) is 0. The molecule has 0 bridgehead atoms. The summed E-state index contributed by atoms with van der Waals surface area (Å²) in [5.41, 5.74) is 1.22. The van der Waals surface area contributed by atoms with Crippen molar-refractivity contribution < 1.29 is 9.53 Å². The zero-order valence-corrected chi connectivity index (χ0v) is 14.2. The van der Waals surface area contributed by atoms with Gasteiger partial charge in [0.05, 0.1) is 19.2 Å². The van der Waals surface area contributed by atoms with E-state index in [1.165, 1.54) is 7.11 Å². The summed E-state index contributed by atoms with van der Waals surface area (Å²) in [5.74, 6) is -0.177. The molecule has 1 aromatic rings. The molecule has 1 aliphatic rings. The van der Waals surface area contributed by atoms with Gasteiger partial charge in [-0.1, -0.05) is 0 Å². The molecule has 5 nitrogen and oxygen atoms in total. The van der Waals surface area contributed by atoms with Crippen LogP contribution in [0, 0.1) is 0 Å². The van der Waals surface area contributed by atoms with Crippen LogP contribution < -0.4 is 4.90 Å². The largest absolute Gasteiger partial charge is 0.469 e. The van der Waals surface area contributed by atoms with E-state index in [-0.39, 0.29) is 11.5 Å². The van der Waals surface area contributed by atoms with Gasteiger partial charge in [0.25, 0.3) is 0 Å². The number of thiazole rings is 1. The molecule has 1 aromatic heterocycles. The monoisotopic (exact) mass is 311 g/mol. The highest BCUT2D eigenvalue weighted by Gasteiger charge is 2.26. The van der Waals surface area contributed by atoms with Gasteiger partial charge in [-0.15, -0.1) is 11.3 Å². The maximum Gasteiger partial charge on any atom is 0.305 e. The number of anilines is 1. The Morgan fingerprint density at radius 1 is 1.33 bits per heavy atom. The Morgan fingerprint density at radius 3 is 2.57 bits per heavy atom. The van der Waals surface area contributed by atoms with Crippen molar-refractivity contribution in [2.75, 3.05) is 38.2 Å². The lowest BCUT2D eigenvalue weighted by atomic mass is 10.1. The first-order valence-electron chi connectivity index (χ1n) is 7.41. The summed E-state index contributed by atoms with van der Waals surface area (Å²) in [6, 6.07) is 0. The zero-order chi connectivity index (χ0) is 15.5. The summed E-state index contributed by atoms with van der Waals surface area (Å²) in [6.45, 7) is 11.0. The van der Waals surface area contributed by atoms with E-state index >= 15 is 0 Å². The van der Waals surface area contributed by atoms with Gasteiger partial charge in [-0.3, -0.25) is 9.69 Å². The summed E-state index contributed by atoms with van der Waals surface area (Å²) >= 11 is 1.67. The summed E-state index contributed by atoms with van der Waals surface area (Å²) in [5, 5.41) is 3.12. The third-order valence-corrected chi connectivity index (χ3v) is 4.80. The number of carbonyl (C=O) groups is 1. The number of hydrogen-bond acceptors (Lipinski definition) is 6. The van der Waals surface area contributed by atoms with E-state index in [2.05, 4.69) is 45.7 Å². The standard InChI is InChI=1S/C15H25N3O2S/c1-15(2,3)18-9-7-17(8-10-18)14-16-12(11-21-14)5-6-13(19)20-4/h11H,5-10H2,1-4H3. The lowest BCUT2D eigenvalue weighted by molar-refractivity contribution is -0.140. The van der Waals surface area contributed by atoms with Crippen molar-refractivity contribution in [3.63, 3.8) is 0 Å². The van der Waals surface area contributed by atoms with Crippen molar-refractivity contribution in [2.24, 2.45) is 0 Å². The van der Waals surface area contributed by atoms with E-state index in [9.17, 15) is 4.79 Å². The number of esters is 1. The van der Waals surface area contributed by atoms with Crippen molar-refractivity contribution in [3.05, 3.63) is 11.1 Å². The number of aromatic nitrogens is 1. The van der Waals surface area contributed by atoms with E-state index in [0.29, 0.717) is 12.8 Å². The summed E-state index contributed by atoms with van der Waals surface area (Å²) in [6.07, 6.45) is 1.06. The van der Waals surface area contributed by atoms with Crippen LogP contribution >= 0.6 is 11.3 Å². The first-order valence-corrected chi connectivity index (χ1v) is 8.29. The minimum Gasteiger partial charge on any atom is -0.469 e. The highest BCUT2D eigenvalue weighted by Crippen LogP contribution is 2.24. The molecule has 1 aliphatic heterocycles. The van der Waals surface area contributed by atoms with Gasteiger partial charge < -0.3 is 9.64 Å². The van der Waals surface area contributed by atoms with Gasteiger partial charge in [-0.2, -0.15) is 0 Å². The van der Waals surface area contributed by atoms with Gasteiger partial charge >= 0.3 is 5.97 Å². The molecule has 6 heteroatoms. The molecule has 21 heavy (non-hydrogen) atoms. The smallest absolute Gasteiger partial charge is 0.305 e. The van der Waals surface area contributed by atoms with Crippen molar-refractivity contribution in [1.29, 1.82) is 0 Å². The SMILES string of the molecule is COC(=O)CCc1csc(N2CCN(C(C)(C)C)CC2)n1. The van der Waals surface area contributed by atoms with Gasteiger partial charge in [0.15, 0.2) is 5.13 Å². The molecule has 1 fully saturated rings. The Hall–Kier alpha value is -1.14. The molecule has 1 saturated heterocycles. The first-order chi connectivity index (χ1) is 9.90. The van der Waals surface area contributed by atoms with Gasteiger partial charge in [-0.25, -0.2) is 4.98 Å². The molecule has 0 spiro atoms. The van der Waals surface area contributed by atoms with E-state index in [4.69, 9.17) is 0 Å². The maximum absolute atomic E-state index is 11.2. The number of rotatable bonds is 4. The molecule has 0 atom stereocenters. The quantitative estimate of drug-likeness (QED) is 0.798. The Bertz CT molecular complexity index is 474. The van der Waals surface area contributed by atoms with Crippen LogP contribution in [0.25, 0.3) is 0 Å². The molecule has 0 amide bonds. The van der Waals surface area contributed by atoms with Crippen molar-refractivity contribution in [2.45, 2.75) is 39.2 Å². The van der Waals surface area contributed by atoms with Crippen LogP contribution in [0.4, 0.5) is 5.13 Å². The van der Waals surface area contributed by atoms with Crippen LogP contribution in [0.2, 0.25) is 0 Å². The molecule has 118 valence electrons. The van der Waals surface area contributed by atoms with E-state index < -0.39 is 0 Å². The molecule has 0 N–H and O–H groups in total. The van der Waals surface area contributed by atoms with Crippen LogP contribution in [0.5, 0.6) is 0 Å². The van der Waals surface area contributed by atoms with Crippen molar-refractivity contribution in [1.82, 2.24) is 9.88 Å². The molecule has 0 aromatic carbocycles. The molecule has 2 heterocycles. The molecule has 0 unspecified atom stereocenters. The van der Waals surface area contributed by atoms with Crippen LogP contribution in [0.3, 0.4) is 0 Å².